The van der Waals surface area contributed by atoms with Crippen molar-refractivity contribution in [3.8, 4) is 0 Å². The summed E-state index contributed by atoms with van der Waals surface area (Å²) in [4.78, 5) is 74.5. The van der Waals surface area contributed by atoms with Crippen molar-refractivity contribution >= 4 is 35.8 Å². The zero-order valence-corrected chi connectivity index (χ0v) is 90.5. The molecule has 12 nitrogen and oxygen atoms in total. The molecule has 20 unspecified atom stereocenters. The molecule has 12 heteroatoms. The first-order chi connectivity index (χ1) is 65.8. The van der Waals surface area contributed by atoms with Gasteiger partial charge in [0.1, 0.15) is 33.6 Å². The minimum atomic E-state index is -0.184. The van der Waals surface area contributed by atoms with E-state index < -0.39 is 0 Å². The van der Waals surface area contributed by atoms with Crippen LogP contribution in [0.2, 0.25) is 0 Å². The highest BCUT2D eigenvalue weighted by atomic mass is 16.6. The van der Waals surface area contributed by atoms with Crippen LogP contribution in [0.4, 0.5) is 0 Å². The predicted octanol–water partition coefficient (Wildman–Crippen LogP) is 31.2. The van der Waals surface area contributed by atoms with E-state index in [0.717, 1.165) is 59.2 Å². The van der Waals surface area contributed by atoms with Gasteiger partial charge in [-0.15, -0.1) is 0 Å². The van der Waals surface area contributed by atoms with Gasteiger partial charge >= 0.3 is 35.8 Å². The number of carbonyl (C=O) groups excluding carboxylic acids is 6. The molecule has 20 atom stereocenters. The summed E-state index contributed by atoms with van der Waals surface area (Å²) in [7, 11) is 0. The molecule has 30 aliphatic carbocycles. The number of esters is 6. The lowest BCUT2D eigenvalue weighted by atomic mass is 9.42. The van der Waals surface area contributed by atoms with Crippen molar-refractivity contribution in [1.82, 2.24) is 0 Å². The van der Waals surface area contributed by atoms with Crippen LogP contribution in [0.15, 0.2) is 74.4 Å². The second kappa shape index (κ2) is 38.8. The summed E-state index contributed by atoms with van der Waals surface area (Å²) in [5.74, 6) is 19.6. The predicted molar refractivity (Wildman–Crippen MR) is 555 cm³/mol. The Labute approximate surface area is 843 Å². The fraction of sp³-hybridized carbons (Fsp3) is 0.858. The number of carbonyl (C=O) groups is 6. The van der Waals surface area contributed by atoms with Crippen LogP contribution in [0.3, 0.4) is 0 Å². The minimum Gasteiger partial charge on any atom is -0.455 e. The first-order valence-electron chi connectivity index (χ1n) is 59.1. The molecule has 139 heavy (non-hydrogen) atoms. The molecule has 0 heterocycles. The Balaban J connectivity index is 0.000000106. The Kier molecular flexibility index (Phi) is 28.7. The third kappa shape index (κ3) is 18.8. The van der Waals surface area contributed by atoms with Gasteiger partial charge in [-0.1, -0.05) is 200 Å². The van der Waals surface area contributed by atoms with Gasteiger partial charge in [0.15, 0.2) is 0 Å². The summed E-state index contributed by atoms with van der Waals surface area (Å²) in [5, 5.41) is 0. The van der Waals surface area contributed by atoms with Crippen LogP contribution >= 0.6 is 0 Å². The van der Waals surface area contributed by atoms with E-state index in [1.54, 1.807) is 20.8 Å². The highest BCUT2D eigenvalue weighted by Crippen LogP contribution is 2.76. The van der Waals surface area contributed by atoms with E-state index in [9.17, 15) is 28.8 Å². The number of hydrogen-bond donors (Lipinski definition) is 0. The van der Waals surface area contributed by atoms with Crippen LogP contribution in [0.1, 0.15) is 438 Å². The van der Waals surface area contributed by atoms with E-state index in [2.05, 4.69) is 123 Å². The van der Waals surface area contributed by atoms with Crippen LogP contribution in [-0.4, -0.2) is 69.4 Å². The standard InChI is InChI=1S/2C22H34O2.3C21H32O2.C20H30O2/c1-14(2)20(23)24-22(17-7-5-15(3)6-8-17)18-9-16-10-19(22)13-21(4,11-16)12-18;1-14(2)20(23)24-22(17-7-5-6-15(3)8-17)18-9-16-10-19(22)13-21(4,11-16)12-18;1-13(2)19(22)23-21(18-7-5-6-14(18)3)16-8-15-9-17(21)12-20(4,10-15)11-16;1-4-19(22)23-21(16-7-5-14(2)6-8-16)17-9-15-10-18(21)13-20(3,11-15)12-17;1-4-19(22)23-21(16-7-5-6-14(2)8-16)17-9-15-10-18(21)13-20(3,11-15)12-17;1-4-18(21)22-20(17-7-5-6-13(17)2)15-8-14-9-16(20)12-19(3,10-14)11-15/h2*15-19H,1,5-13H2,2-4H3;14-18H,1,5-12H2,2-4H3;2*4,14-18H,1,5-13H2,2-3H3;4,13-17H,1,5-12H2,2-3H3. The Hall–Kier alpha value is -4.74. The van der Waals surface area contributed by atoms with Gasteiger partial charge in [0.25, 0.3) is 0 Å². The van der Waals surface area contributed by atoms with Gasteiger partial charge in [-0.3, -0.25) is 0 Å². The van der Waals surface area contributed by atoms with Crippen LogP contribution in [0.5, 0.6) is 0 Å². The molecule has 0 aromatic heterocycles. The monoisotopic (exact) mass is 1910 g/mol. The van der Waals surface area contributed by atoms with E-state index in [-0.39, 0.29) is 69.4 Å². The first-order valence-corrected chi connectivity index (χ1v) is 59.1. The fourth-order valence-electron chi connectivity index (χ4n) is 43.8. The van der Waals surface area contributed by atoms with E-state index in [0.29, 0.717) is 168 Å². The summed E-state index contributed by atoms with van der Waals surface area (Å²) in [6.45, 7) is 57.2. The van der Waals surface area contributed by atoms with Crippen molar-refractivity contribution in [2.75, 3.05) is 0 Å². The normalized spacial score (nSPS) is 51.0. The molecule has 30 fully saturated rings. The van der Waals surface area contributed by atoms with Gasteiger partial charge in [0.05, 0.1) is 0 Å². The second-order valence-electron chi connectivity index (χ2n) is 58.3. The molecule has 0 saturated heterocycles. The Morgan fingerprint density at radius 1 is 0.223 bits per heavy atom. The largest absolute Gasteiger partial charge is 0.455 e. The number of hydrogen-bond acceptors (Lipinski definition) is 12. The summed E-state index contributed by atoms with van der Waals surface area (Å²) < 4.78 is 38.3. The molecule has 0 spiro atoms. The second-order valence-corrected chi connectivity index (χ2v) is 58.3. The third-order valence-electron chi connectivity index (χ3n) is 47.2. The van der Waals surface area contributed by atoms with Crippen molar-refractivity contribution in [3.05, 3.63) is 74.4 Å². The molecule has 0 radical (unpaired) electrons. The number of rotatable bonds is 18. The number of ether oxygens (including phenoxy) is 6. The molecule has 30 saturated carbocycles. The topological polar surface area (TPSA) is 158 Å². The molecule has 0 N–H and O–H groups in total. The van der Waals surface area contributed by atoms with Crippen molar-refractivity contribution < 1.29 is 57.2 Å². The molecule has 0 aromatic rings. The molecule has 0 aliphatic heterocycles. The lowest BCUT2D eigenvalue weighted by molar-refractivity contribution is -0.244. The molecular weight excluding hydrogens is 1720 g/mol. The molecule has 774 valence electrons. The summed E-state index contributed by atoms with van der Waals surface area (Å²) in [5.41, 5.74) is 3.75. The smallest absolute Gasteiger partial charge is 0.333 e. The van der Waals surface area contributed by atoms with E-state index in [4.69, 9.17) is 28.4 Å². The Morgan fingerprint density at radius 2 is 0.424 bits per heavy atom. The van der Waals surface area contributed by atoms with E-state index >= 15 is 0 Å². The van der Waals surface area contributed by atoms with Crippen LogP contribution in [-0.2, 0) is 57.2 Å². The Bertz CT molecular complexity index is 4470. The highest BCUT2D eigenvalue weighted by molar-refractivity contribution is 5.88. The zero-order chi connectivity index (χ0) is 98.7. The maximum absolute atomic E-state index is 12.6. The zero-order valence-electron chi connectivity index (χ0n) is 90.5. The lowest BCUT2D eigenvalue weighted by Crippen LogP contribution is -2.65. The van der Waals surface area contributed by atoms with E-state index in [1.807, 2.05) is 0 Å². The quantitative estimate of drug-likeness (QED) is 0.0728. The van der Waals surface area contributed by atoms with Crippen molar-refractivity contribution in [2.24, 2.45) is 210 Å². The first kappa shape index (κ1) is 103. The molecule has 30 aliphatic rings. The molecule has 0 amide bonds. The fourth-order valence-corrected chi connectivity index (χ4v) is 43.8. The van der Waals surface area contributed by atoms with Gasteiger partial charge in [-0.25, -0.2) is 28.8 Å². The highest BCUT2D eigenvalue weighted by Gasteiger charge is 2.73. The molecular formula is C127H194O12. The minimum absolute atomic E-state index is 0.133. The lowest BCUT2D eigenvalue weighted by Gasteiger charge is -2.66. The van der Waals surface area contributed by atoms with Crippen molar-refractivity contribution in [3.63, 3.8) is 0 Å². The van der Waals surface area contributed by atoms with Crippen molar-refractivity contribution in [1.29, 1.82) is 0 Å². The maximum atomic E-state index is 12.6. The average Bonchev–Trinajstić information content (AvgIpc) is 1.67. The maximum Gasteiger partial charge on any atom is 0.333 e. The van der Waals surface area contributed by atoms with Crippen LogP contribution in [0.25, 0.3) is 0 Å². The summed E-state index contributed by atoms with van der Waals surface area (Å²) >= 11 is 0. The van der Waals surface area contributed by atoms with Gasteiger partial charge in [0.2, 0.25) is 0 Å². The van der Waals surface area contributed by atoms with Crippen LogP contribution in [0, 0.1) is 210 Å². The average molecular weight is 1910 g/mol. The summed E-state index contributed by atoms with van der Waals surface area (Å²) in [6.07, 6.45) is 71.6. The molecule has 24 bridgehead atoms. The molecule has 30 rings (SSSR count). The van der Waals surface area contributed by atoms with Gasteiger partial charge in [-0.2, -0.15) is 0 Å². The molecule has 0 aromatic carbocycles. The van der Waals surface area contributed by atoms with Gasteiger partial charge in [-0.05, 0) is 405 Å². The Morgan fingerprint density at radius 3 is 0.640 bits per heavy atom. The third-order valence-corrected chi connectivity index (χ3v) is 47.2. The van der Waals surface area contributed by atoms with Gasteiger partial charge in [0, 0.05) is 118 Å². The van der Waals surface area contributed by atoms with Crippen molar-refractivity contribution in [2.45, 2.75) is 471 Å². The van der Waals surface area contributed by atoms with Gasteiger partial charge < -0.3 is 28.4 Å². The SMILES string of the molecule is C=C(C)C(=O)OC1(C2CCC(C)CC2)C2CC3CC1CC(C)(C3)C2.C=C(C)C(=O)OC1(C2CCCC(C)C2)C2CC3CC1CC(C)(C3)C2.C=C(C)C(=O)OC1(C2CCCC2C)C2CC3CC1CC(C)(C3)C2.C=CC(=O)OC1(C2CCC(C)CC2)C2CC3CC1CC(C)(C3)C2.C=CC(=O)OC1(C2CCCC(C)C2)C2CC3CC1CC(C)(C3)C2.C=CC(=O)OC1(C2CCCC2C)C2CC3CC1CC(C)(C3)C2. The summed E-state index contributed by atoms with van der Waals surface area (Å²) in [6, 6.07) is 0. The van der Waals surface area contributed by atoms with E-state index in [1.165, 1.54) is 352 Å². The van der Waals surface area contributed by atoms with Crippen LogP contribution < -0.4 is 0 Å².